The molecule has 0 aromatic heterocycles. The molecule has 140 valence electrons. The van der Waals surface area contributed by atoms with Crippen molar-refractivity contribution in [3.8, 4) is 0 Å². The van der Waals surface area contributed by atoms with Crippen LogP contribution in [0.25, 0.3) is 0 Å². The third-order valence-corrected chi connectivity index (χ3v) is 4.76. The number of nitrogens with one attached hydrogen (secondary N) is 3. The van der Waals surface area contributed by atoms with Gasteiger partial charge in [-0.15, -0.1) is 0 Å². The van der Waals surface area contributed by atoms with Crippen LogP contribution >= 0.6 is 0 Å². The average molecular weight is 340 g/mol. The van der Waals surface area contributed by atoms with Gasteiger partial charge >= 0.3 is 6.03 Å². The molecule has 0 saturated heterocycles. The highest BCUT2D eigenvalue weighted by molar-refractivity contribution is 5.81. The Morgan fingerprint density at radius 2 is 1.38 bits per heavy atom. The first-order valence-electron chi connectivity index (χ1n) is 10.1. The number of carbonyl (C=O) groups excluding carboxylic acids is 2. The molecule has 0 aromatic carbocycles. The molecule has 0 aromatic rings. The van der Waals surface area contributed by atoms with E-state index in [0.717, 1.165) is 25.7 Å². The van der Waals surface area contributed by atoms with Crippen LogP contribution in [-0.4, -0.2) is 18.0 Å². The van der Waals surface area contributed by atoms with Crippen molar-refractivity contribution in [3.63, 3.8) is 0 Å². The van der Waals surface area contributed by atoms with Crippen LogP contribution in [0, 0.1) is 0 Å². The summed E-state index contributed by atoms with van der Waals surface area (Å²) in [6, 6.07) is -0.0321. The van der Waals surface area contributed by atoms with Gasteiger partial charge in [-0.1, -0.05) is 77.6 Å². The molecule has 0 unspecified atom stereocenters. The standard InChI is InChI=1S/C19H37N3O2/c1-2-3-4-5-6-7-8-9-13-16-18(23)21-22-19(24)20-17-14-11-10-12-15-17/h17H,2-16H2,1H3,(H,21,23)(H2,20,22,24). The van der Waals surface area contributed by atoms with Crippen molar-refractivity contribution in [2.75, 3.05) is 0 Å². The van der Waals surface area contributed by atoms with Crippen molar-refractivity contribution >= 4 is 11.9 Å². The van der Waals surface area contributed by atoms with Crippen LogP contribution in [0.4, 0.5) is 4.79 Å². The van der Waals surface area contributed by atoms with Crippen LogP contribution in [0.1, 0.15) is 103 Å². The van der Waals surface area contributed by atoms with E-state index < -0.39 is 0 Å². The maximum absolute atomic E-state index is 11.7. The minimum absolute atomic E-state index is 0.100. The Hall–Kier alpha value is -1.26. The van der Waals surface area contributed by atoms with Crippen LogP contribution in [0.5, 0.6) is 0 Å². The molecule has 1 fully saturated rings. The summed E-state index contributed by atoms with van der Waals surface area (Å²) in [5.41, 5.74) is 4.96. The largest absolute Gasteiger partial charge is 0.334 e. The van der Waals surface area contributed by atoms with E-state index in [-0.39, 0.29) is 18.0 Å². The summed E-state index contributed by atoms with van der Waals surface area (Å²) in [5.74, 6) is -0.100. The van der Waals surface area contributed by atoms with Crippen LogP contribution in [-0.2, 0) is 4.79 Å². The minimum atomic E-state index is -0.290. The van der Waals surface area contributed by atoms with Crippen molar-refractivity contribution in [2.24, 2.45) is 0 Å². The van der Waals surface area contributed by atoms with Gasteiger partial charge in [0.15, 0.2) is 0 Å². The Labute approximate surface area is 147 Å². The van der Waals surface area contributed by atoms with E-state index >= 15 is 0 Å². The van der Waals surface area contributed by atoms with Gasteiger partial charge < -0.3 is 5.32 Å². The number of urea groups is 1. The normalized spacial score (nSPS) is 15.0. The second-order valence-electron chi connectivity index (χ2n) is 7.06. The fraction of sp³-hybridized carbons (Fsp3) is 0.895. The topological polar surface area (TPSA) is 70.2 Å². The van der Waals surface area contributed by atoms with Gasteiger partial charge in [-0.2, -0.15) is 0 Å². The fourth-order valence-electron chi connectivity index (χ4n) is 3.25. The second-order valence-corrected chi connectivity index (χ2v) is 7.06. The molecular weight excluding hydrogens is 302 g/mol. The third kappa shape index (κ3) is 11.3. The van der Waals surface area contributed by atoms with Gasteiger partial charge in [0, 0.05) is 12.5 Å². The molecule has 3 amide bonds. The van der Waals surface area contributed by atoms with Gasteiger partial charge in [0.05, 0.1) is 0 Å². The second kappa shape index (κ2) is 14.1. The fourth-order valence-corrected chi connectivity index (χ4v) is 3.25. The first-order chi connectivity index (χ1) is 11.7. The highest BCUT2D eigenvalue weighted by Gasteiger charge is 2.15. The van der Waals surface area contributed by atoms with E-state index in [1.54, 1.807) is 0 Å². The van der Waals surface area contributed by atoms with E-state index in [0.29, 0.717) is 6.42 Å². The van der Waals surface area contributed by atoms with Gasteiger partial charge in [-0.05, 0) is 19.3 Å². The lowest BCUT2D eigenvalue weighted by Crippen LogP contribution is -2.50. The number of hydrogen-bond acceptors (Lipinski definition) is 2. The van der Waals surface area contributed by atoms with Gasteiger partial charge in [0.25, 0.3) is 0 Å². The van der Waals surface area contributed by atoms with Crippen molar-refractivity contribution < 1.29 is 9.59 Å². The molecule has 0 bridgehead atoms. The predicted molar refractivity (Wildman–Crippen MR) is 98.5 cm³/mol. The van der Waals surface area contributed by atoms with E-state index in [1.165, 1.54) is 64.2 Å². The molecule has 1 aliphatic carbocycles. The van der Waals surface area contributed by atoms with Crippen LogP contribution in [0.2, 0.25) is 0 Å². The third-order valence-electron chi connectivity index (χ3n) is 4.76. The van der Waals surface area contributed by atoms with E-state index in [1.807, 2.05) is 0 Å². The summed E-state index contributed by atoms with van der Waals surface area (Å²) in [4.78, 5) is 23.4. The molecule has 0 radical (unpaired) electrons. The lowest BCUT2D eigenvalue weighted by Gasteiger charge is -2.22. The smallest absolute Gasteiger partial charge is 0.333 e. The first kappa shape index (κ1) is 20.8. The van der Waals surface area contributed by atoms with Crippen molar-refractivity contribution in [3.05, 3.63) is 0 Å². The van der Waals surface area contributed by atoms with Gasteiger partial charge in [0.1, 0.15) is 0 Å². The molecular formula is C19H37N3O2. The molecule has 5 heteroatoms. The molecule has 24 heavy (non-hydrogen) atoms. The predicted octanol–water partition coefficient (Wildman–Crippen LogP) is 4.57. The number of hydrazine groups is 1. The van der Waals surface area contributed by atoms with Crippen molar-refractivity contribution in [2.45, 2.75) is 109 Å². The molecule has 1 aliphatic rings. The van der Waals surface area contributed by atoms with Crippen LogP contribution < -0.4 is 16.2 Å². The highest BCUT2D eigenvalue weighted by atomic mass is 16.2. The summed E-state index contributed by atoms with van der Waals surface area (Å²) < 4.78 is 0. The summed E-state index contributed by atoms with van der Waals surface area (Å²) in [7, 11) is 0. The zero-order valence-corrected chi connectivity index (χ0v) is 15.5. The zero-order chi connectivity index (χ0) is 17.5. The molecule has 0 aliphatic heterocycles. The monoisotopic (exact) mass is 339 g/mol. The van der Waals surface area contributed by atoms with Crippen molar-refractivity contribution in [1.82, 2.24) is 16.2 Å². The molecule has 5 nitrogen and oxygen atoms in total. The molecule has 0 atom stereocenters. The van der Waals surface area contributed by atoms with E-state index in [2.05, 4.69) is 23.1 Å². The van der Waals surface area contributed by atoms with Gasteiger partial charge in [-0.25, -0.2) is 10.2 Å². The lowest BCUT2D eigenvalue weighted by atomic mass is 9.96. The summed E-state index contributed by atoms with van der Waals surface area (Å²) in [6.07, 6.45) is 17.3. The molecule has 0 heterocycles. The van der Waals surface area contributed by atoms with Crippen molar-refractivity contribution in [1.29, 1.82) is 0 Å². The number of rotatable bonds is 11. The molecule has 0 spiro atoms. The molecule has 1 rings (SSSR count). The van der Waals surface area contributed by atoms with E-state index in [9.17, 15) is 9.59 Å². The molecule has 3 N–H and O–H groups in total. The Morgan fingerprint density at radius 3 is 2.00 bits per heavy atom. The Kier molecular flexibility index (Phi) is 12.2. The first-order valence-corrected chi connectivity index (χ1v) is 10.1. The Morgan fingerprint density at radius 1 is 0.792 bits per heavy atom. The van der Waals surface area contributed by atoms with E-state index in [4.69, 9.17) is 0 Å². The maximum atomic E-state index is 11.7. The van der Waals surface area contributed by atoms with Crippen LogP contribution in [0.15, 0.2) is 0 Å². The highest BCUT2D eigenvalue weighted by Crippen LogP contribution is 2.17. The Bertz CT molecular complexity index is 342. The Balaban J connectivity index is 1.89. The lowest BCUT2D eigenvalue weighted by molar-refractivity contribution is -0.121. The minimum Gasteiger partial charge on any atom is -0.334 e. The zero-order valence-electron chi connectivity index (χ0n) is 15.5. The van der Waals surface area contributed by atoms with Gasteiger partial charge in [0.2, 0.25) is 5.91 Å². The molecule has 1 saturated carbocycles. The summed E-state index contributed by atoms with van der Waals surface area (Å²) in [5, 5.41) is 2.91. The number of carbonyl (C=O) groups is 2. The quantitative estimate of drug-likeness (QED) is 0.381. The SMILES string of the molecule is CCCCCCCCCCCC(=O)NNC(=O)NC1CCCCC1. The maximum Gasteiger partial charge on any atom is 0.333 e. The summed E-state index contributed by atoms with van der Waals surface area (Å²) in [6.45, 7) is 2.24. The van der Waals surface area contributed by atoms with Crippen LogP contribution in [0.3, 0.4) is 0 Å². The number of hydrogen-bond donors (Lipinski definition) is 3. The number of amides is 3. The summed E-state index contributed by atoms with van der Waals surface area (Å²) >= 11 is 0. The van der Waals surface area contributed by atoms with Gasteiger partial charge in [-0.3, -0.25) is 10.2 Å². The number of unbranched alkanes of at least 4 members (excludes halogenated alkanes) is 8. The average Bonchev–Trinajstić information content (AvgIpc) is 2.59.